The molecule has 18 heavy (non-hydrogen) atoms. The Hall–Kier alpha value is -0.180. The van der Waals surface area contributed by atoms with E-state index in [-0.39, 0.29) is 0 Å². The topological polar surface area (TPSA) is 20.3 Å². The first kappa shape index (κ1) is 23.0. The number of thioether (sulfide) groups is 1. The Labute approximate surface area is 120 Å². The van der Waals surface area contributed by atoms with Crippen LogP contribution in [0.2, 0.25) is 0 Å². The molecule has 0 radical (unpaired) electrons. The average Bonchev–Trinajstić information content (AvgIpc) is 2.46. The molecule has 1 saturated heterocycles. The summed E-state index contributed by atoms with van der Waals surface area (Å²) in [5.41, 5.74) is 0. The summed E-state index contributed by atoms with van der Waals surface area (Å²) in [5.74, 6) is 1.77. The summed E-state index contributed by atoms with van der Waals surface area (Å²) >= 11 is 1.61. The summed E-state index contributed by atoms with van der Waals surface area (Å²) in [5, 5.41) is 0. The monoisotopic (exact) mass is 277 g/mol. The minimum atomic E-state index is 0.314. The third kappa shape index (κ3) is 12.3. The Bertz CT molecular complexity index is 155. The third-order valence-corrected chi connectivity index (χ3v) is 2.94. The van der Waals surface area contributed by atoms with Gasteiger partial charge in [-0.05, 0) is 25.0 Å². The van der Waals surface area contributed by atoms with Crippen LogP contribution in [0.5, 0.6) is 0 Å². The maximum absolute atomic E-state index is 11.4. The van der Waals surface area contributed by atoms with Crippen molar-refractivity contribution >= 4 is 17.7 Å². The second kappa shape index (κ2) is 19.2. The van der Waals surface area contributed by atoms with Gasteiger partial charge in [0.05, 0.1) is 5.75 Å². The van der Waals surface area contributed by atoms with Gasteiger partial charge in [-0.2, -0.15) is 11.8 Å². The lowest BCUT2D eigenvalue weighted by atomic mass is 9.99. The fourth-order valence-electron chi connectivity index (χ4n) is 1.47. The summed E-state index contributed by atoms with van der Waals surface area (Å²) in [6, 6.07) is 0. The van der Waals surface area contributed by atoms with Crippen LogP contribution in [0.15, 0.2) is 0 Å². The SMILES string of the molecule is CC.CC.CC.CSCC(=O)N1CCC(C)CC1. The average molecular weight is 278 g/mol. The Morgan fingerprint density at radius 2 is 1.44 bits per heavy atom. The van der Waals surface area contributed by atoms with Gasteiger partial charge in [-0.15, -0.1) is 0 Å². The van der Waals surface area contributed by atoms with Crippen LogP contribution < -0.4 is 0 Å². The zero-order valence-electron chi connectivity index (χ0n) is 13.9. The van der Waals surface area contributed by atoms with Gasteiger partial charge >= 0.3 is 0 Å². The quantitative estimate of drug-likeness (QED) is 0.730. The zero-order chi connectivity index (χ0) is 15.0. The predicted molar refractivity (Wildman–Crippen MR) is 87.4 cm³/mol. The minimum absolute atomic E-state index is 0.314. The molecule has 0 aliphatic carbocycles. The van der Waals surface area contributed by atoms with E-state index in [0.717, 1.165) is 19.0 Å². The molecule has 0 saturated carbocycles. The smallest absolute Gasteiger partial charge is 0.232 e. The van der Waals surface area contributed by atoms with Crippen molar-refractivity contribution in [2.24, 2.45) is 5.92 Å². The van der Waals surface area contributed by atoms with Gasteiger partial charge in [0, 0.05) is 13.1 Å². The number of carbonyl (C=O) groups is 1. The molecule has 112 valence electrons. The fourth-order valence-corrected chi connectivity index (χ4v) is 1.90. The van der Waals surface area contributed by atoms with Gasteiger partial charge in [-0.25, -0.2) is 0 Å². The van der Waals surface area contributed by atoms with E-state index in [1.54, 1.807) is 11.8 Å². The second-order valence-electron chi connectivity index (χ2n) is 3.50. The van der Waals surface area contributed by atoms with Gasteiger partial charge in [0.15, 0.2) is 0 Å². The van der Waals surface area contributed by atoms with Crippen LogP contribution in [0, 0.1) is 5.92 Å². The maximum atomic E-state index is 11.4. The zero-order valence-corrected chi connectivity index (χ0v) is 14.7. The molecule has 1 aliphatic rings. The van der Waals surface area contributed by atoms with E-state index < -0.39 is 0 Å². The standard InChI is InChI=1S/C9H17NOS.3C2H6/c1-8-3-5-10(6-4-8)9(11)7-12-2;3*1-2/h8H,3-7H2,1-2H3;3*1-2H3. The Morgan fingerprint density at radius 1 is 1.06 bits per heavy atom. The summed E-state index contributed by atoms with van der Waals surface area (Å²) in [6.07, 6.45) is 4.34. The molecular weight excluding hydrogens is 242 g/mol. The van der Waals surface area contributed by atoms with Crippen LogP contribution in [0.3, 0.4) is 0 Å². The molecule has 2 nitrogen and oxygen atoms in total. The highest BCUT2D eigenvalue weighted by atomic mass is 32.2. The van der Waals surface area contributed by atoms with Crippen molar-refractivity contribution in [1.29, 1.82) is 0 Å². The van der Waals surface area contributed by atoms with E-state index in [1.807, 2.05) is 52.7 Å². The van der Waals surface area contributed by atoms with Gasteiger partial charge < -0.3 is 4.90 Å². The van der Waals surface area contributed by atoms with E-state index in [0.29, 0.717) is 11.7 Å². The predicted octanol–water partition coefficient (Wildman–Crippen LogP) is 4.69. The third-order valence-electron chi connectivity index (χ3n) is 2.40. The van der Waals surface area contributed by atoms with Gasteiger partial charge in [-0.1, -0.05) is 48.5 Å². The summed E-state index contributed by atoms with van der Waals surface area (Å²) in [7, 11) is 0. The molecule has 0 spiro atoms. The number of carbonyl (C=O) groups excluding carboxylic acids is 1. The minimum Gasteiger partial charge on any atom is -0.342 e. The summed E-state index contributed by atoms with van der Waals surface area (Å²) < 4.78 is 0. The molecule has 0 aromatic rings. The van der Waals surface area contributed by atoms with Crippen molar-refractivity contribution in [1.82, 2.24) is 4.90 Å². The molecular formula is C15H35NOS. The molecule has 0 unspecified atom stereocenters. The number of likely N-dealkylation sites (tertiary alicyclic amines) is 1. The van der Waals surface area contributed by atoms with Crippen molar-refractivity contribution in [2.45, 2.75) is 61.3 Å². The molecule has 1 fully saturated rings. The Morgan fingerprint density at radius 3 is 1.78 bits per heavy atom. The summed E-state index contributed by atoms with van der Waals surface area (Å²) in [6.45, 7) is 16.2. The molecule has 0 aromatic heterocycles. The van der Waals surface area contributed by atoms with Crippen molar-refractivity contribution in [2.75, 3.05) is 25.1 Å². The molecule has 0 aromatic carbocycles. The van der Waals surface area contributed by atoms with Crippen molar-refractivity contribution in [3.63, 3.8) is 0 Å². The first-order valence-electron chi connectivity index (χ1n) is 7.50. The molecule has 1 amide bonds. The highest BCUT2D eigenvalue weighted by Gasteiger charge is 2.19. The normalized spacial score (nSPS) is 14.1. The second-order valence-corrected chi connectivity index (χ2v) is 4.36. The number of hydrogen-bond donors (Lipinski definition) is 0. The maximum Gasteiger partial charge on any atom is 0.232 e. The molecule has 0 N–H and O–H groups in total. The fraction of sp³-hybridized carbons (Fsp3) is 0.933. The first-order valence-corrected chi connectivity index (χ1v) is 8.90. The first-order chi connectivity index (χ1) is 8.74. The lowest BCUT2D eigenvalue weighted by Gasteiger charge is -2.30. The highest BCUT2D eigenvalue weighted by Crippen LogP contribution is 2.16. The highest BCUT2D eigenvalue weighted by molar-refractivity contribution is 7.99. The van der Waals surface area contributed by atoms with Gasteiger partial charge in [-0.3, -0.25) is 4.79 Å². The Balaban J connectivity index is -0.000000328. The van der Waals surface area contributed by atoms with Crippen LogP contribution in [-0.2, 0) is 4.79 Å². The Kier molecular flexibility index (Phi) is 24.4. The van der Waals surface area contributed by atoms with E-state index in [2.05, 4.69) is 6.92 Å². The summed E-state index contributed by atoms with van der Waals surface area (Å²) in [4.78, 5) is 13.4. The molecule has 3 heteroatoms. The van der Waals surface area contributed by atoms with Crippen LogP contribution in [0.4, 0.5) is 0 Å². The van der Waals surface area contributed by atoms with Crippen molar-refractivity contribution in [3.8, 4) is 0 Å². The van der Waals surface area contributed by atoms with Gasteiger partial charge in [0.1, 0.15) is 0 Å². The van der Waals surface area contributed by atoms with Crippen LogP contribution in [0.25, 0.3) is 0 Å². The molecule has 1 rings (SSSR count). The van der Waals surface area contributed by atoms with Crippen LogP contribution in [0.1, 0.15) is 61.3 Å². The van der Waals surface area contributed by atoms with Crippen LogP contribution >= 0.6 is 11.8 Å². The van der Waals surface area contributed by atoms with E-state index >= 15 is 0 Å². The number of amides is 1. The van der Waals surface area contributed by atoms with Crippen LogP contribution in [-0.4, -0.2) is 35.9 Å². The largest absolute Gasteiger partial charge is 0.342 e. The van der Waals surface area contributed by atoms with Crippen molar-refractivity contribution in [3.05, 3.63) is 0 Å². The van der Waals surface area contributed by atoms with Gasteiger partial charge in [0.25, 0.3) is 0 Å². The van der Waals surface area contributed by atoms with E-state index in [9.17, 15) is 4.79 Å². The molecule has 0 bridgehead atoms. The van der Waals surface area contributed by atoms with Gasteiger partial charge in [0.2, 0.25) is 5.91 Å². The lowest BCUT2D eigenvalue weighted by Crippen LogP contribution is -2.38. The number of rotatable bonds is 2. The molecule has 0 atom stereocenters. The number of hydrogen-bond acceptors (Lipinski definition) is 2. The molecule has 1 aliphatic heterocycles. The number of piperidine rings is 1. The van der Waals surface area contributed by atoms with Crippen molar-refractivity contribution < 1.29 is 4.79 Å². The lowest BCUT2D eigenvalue weighted by molar-refractivity contribution is -0.129. The number of nitrogens with zero attached hydrogens (tertiary/aromatic N) is 1. The van der Waals surface area contributed by atoms with E-state index in [1.165, 1.54) is 12.8 Å². The molecule has 1 heterocycles. The van der Waals surface area contributed by atoms with E-state index in [4.69, 9.17) is 0 Å².